The van der Waals surface area contributed by atoms with E-state index in [1.54, 1.807) is 24.5 Å². The molecule has 4 nitrogen and oxygen atoms in total. The lowest BCUT2D eigenvalue weighted by Crippen LogP contribution is -1.99. The molecular weight excluding hydrogens is 271 g/mol. The lowest BCUT2D eigenvalue weighted by molar-refractivity contribution is -0.130. The summed E-state index contributed by atoms with van der Waals surface area (Å²) in [5.41, 5.74) is 1.95. The molecule has 5 heteroatoms. The topological polar surface area (TPSA) is 66.0 Å². The van der Waals surface area contributed by atoms with Crippen LogP contribution in [-0.4, -0.2) is 21.0 Å². The number of aromatic nitrogens is 2. The number of nitrogens with one attached hydrogen (secondary N) is 1. The molecular formula is C16H11FN2O2. The van der Waals surface area contributed by atoms with E-state index in [4.69, 9.17) is 0 Å². The lowest BCUT2D eigenvalue weighted by atomic mass is 10.0. The zero-order chi connectivity index (χ0) is 14.8. The van der Waals surface area contributed by atoms with Crippen molar-refractivity contribution in [2.45, 2.75) is 0 Å². The van der Waals surface area contributed by atoms with E-state index in [2.05, 4.69) is 9.97 Å². The van der Waals surface area contributed by atoms with E-state index in [9.17, 15) is 14.3 Å². The van der Waals surface area contributed by atoms with Gasteiger partial charge in [-0.25, -0.2) is 14.2 Å². The summed E-state index contributed by atoms with van der Waals surface area (Å²) in [6.07, 6.45) is 4.91. The molecule has 0 saturated carbocycles. The van der Waals surface area contributed by atoms with Crippen LogP contribution < -0.4 is 0 Å². The number of aliphatic carboxylic acids is 1. The summed E-state index contributed by atoms with van der Waals surface area (Å²) in [4.78, 5) is 18.6. The fraction of sp³-hybridized carbons (Fsp3) is 0. The number of nitrogens with zero attached hydrogens (tertiary/aromatic N) is 1. The quantitative estimate of drug-likeness (QED) is 0.724. The molecule has 0 amide bonds. The minimum absolute atomic E-state index is 0.0970. The van der Waals surface area contributed by atoms with Crippen molar-refractivity contribution in [1.29, 1.82) is 0 Å². The van der Waals surface area contributed by atoms with Gasteiger partial charge in [-0.1, -0.05) is 12.1 Å². The Morgan fingerprint density at radius 1 is 1.24 bits per heavy atom. The van der Waals surface area contributed by atoms with Gasteiger partial charge >= 0.3 is 5.97 Å². The number of carbonyl (C=O) groups is 1. The number of halogens is 1. The van der Waals surface area contributed by atoms with Crippen molar-refractivity contribution in [3.05, 3.63) is 65.7 Å². The summed E-state index contributed by atoms with van der Waals surface area (Å²) >= 11 is 0. The zero-order valence-corrected chi connectivity index (χ0v) is 10.9. The first-order valence-electron chi connectivity index (χ1n) is 6.28. The Balaban J connectivity index is 2.13. The zero-order valence-electron chi connectivity index (χ0n) is 10.9. The fourth-order valence-electron chi connectivity index (χ4n) is 2.15. The summed E-state index contributed by atoms with van der Waals surface area (Å²) in [5.74, 6) is -1.47. The van der Waals surface area contributed by atoms with E-state index in [-0.39, 0.29) is 5.57 Å². The van der Waals surface area contributed by atoms with Crippen molar-refractivity contribution < 1.29 is 14.3 Å². The van der Waals surface area contributed by atoms with Gasteiger partial charge in [-0.05, 0) is 35.9 Å². The number of carboxylic acids is 1. The molecule has 0 radical (unpaired) electrons. The van der Waals surface area contributed by atoms with E-state index < -0.39 is 11.8 Å². The predicted octanol–water partition coefficient (Wildman–Crippen LogP) is 3.33. The van der Waals surface area contributed by atoms with Gasteiger partial charge in [0.25, 0.3) is 0 Å². The van der Waals surface area contributed by atoms with Gasteiger partial charge in [0.1, 0.15) is 11.5 Å². The molecule has 21 heavy (non-hydrogen) atoms. The third kappa shape index (κ3) is 2.53. The van der Waals surface area contributed by atoms with Crippen molar-refractivity contribution >= 4 is 28.7 Å². The number of aromatic amines is 1. The highest BCUT2D eigenvalue weighted by Crippen LogP contribution is 2.23. The lowest BCUT2D eigenvalue weighted by Gasteiger charge is -2.02. The van der Waals surface area contributed by atoms with Crippen LogP contribution in [0.5, 0.6) is 0 Å². The maximum atomic E-state index is 13.0. The third-order valence-corrected chi connectivity index (χ3v) is 3.17. The number of hydrogen-bond acceptors (Lipinski definition) is 2. The SMILES string of the molecule is O=C(O)/C(=C\c1c[nH]c2ncccc12)c1ccc(F)cc1. The molecule has 3 rings (SSSR count). The van der Waals surface area contributed by atoms with E-state index in [0.717, 1.165) is 10.9 Å². The second-order valence-electron chi connectivity index (χ2n) is 4.51. The van der Waals surface area contributed by atoms with E-state index >= 15 is 0 Å². The largest absolute Gasteiger partial charge is 0.478 e. The van der Waals surface area contributed by atoms with Gasteiger partial charge in [0.15, 0.2) is 0 Å². The fourth-order valence-corrected chi connectivity index (χ4v) is 2.15. The minimum atomic E-state index is -1.07. The van der Waals surface area contributed by atoms with Crippen LogP contribution in [-0.2, 0) is 4.79 Å². The highest BCUT2D eigenvalue weighted by molar-refractivity contribution is 6.21. The smallest absolute Gasteiger partial charge is 0.336 e. The maximum Gasteiger partial charge on any atom is 0.336 e. The van der Waals surface area contributed by atoms with Gasteiger partial charge < -0.3 is 10.1 Å². The van der Waals surface area contributed by atoms with Crippen LogP contribution in [0.4, 0.5) is 4.39 Å². The summed E-state index contributed by atoms with van der Waals surface area (Å²) < 4.78 is 13.0. The predicted molar refractivity (Wildman–Crippen MR) is 78.0 cm³/mol. The Morgan fingerprint density at radius 2 is 2.00 bits per heavy atom. The second-order valence-corrected chi connectivity index (χ2v) is 4.51. The molecule has 1 aromatic carbocycles. The number of hydrogen-bond donors (Lipinski definition) is 2. The Labute approximate surface area is 119 Å². The van der Waals surface area contributed by atoms with Crippen molar-refractivity contribution in [1.82, 2.24) is 9.97 Å². The molecule has 3 aromatic rings. The number of rotatable bonds is 3. The molecule has 0 atom stereocenters. The van der Waals surface area contributed by atoms with Gasteiger partial charge in [-0.15, -0.1) is 0 Å². The van der Waals surface area contributed by atoms with Crippen molar-refractivity contribution in [3.8, 4) is 0 Å². The van der Waals surface area contributed by atoms with Gasteiger partial charge in [0.05, 0.1) is 5.57 Å². The molecule has 0 spiro atoms. The summed E-state index contributed by atoms with van der Waals surface area (Å²) in [6, 6.07) is 9.01. The minimum Gasteiger partial charge on any atom is -0.478 e. The number of benzene rings is 1. The molecule has 0 bridgehead atoms. The van der Waals surface area contributed by atoms with Crippen LogP contribution in [0.25, 0.3) is 22.7 Å². The first kappa shape index (κ1) is 13.1. The van der Waals surface area contributed by atoms with Gasteiger partial charge in [-0.2, -0.15) is 0 Å². The summed E-state index contributed by atoms with van der Waals surface area (Å²) in [7, 11) is 0. The molecule has 0 saturated heterocycles. The molecule has 0 aliphatic heterocycles. The Morgan fingerprint density at radius 3 is 2.71 bits per heavy atom. The number of fused-ring (bicyclic) bond motifs is 1. The molecule has 2 N–H and O–H groups in total. The van der Waals surface area contributed by atoms with Crippen molar-refractivity contribution in [2.24, 2.45) is 0 Å². The number of H-pyrrole nitrogens is 1. The monoisotopic (exact) mass is 282 g/mol. The van der Waals surface area contributed by atoms with Crippen LogP contribution in [0.15, 0.2) is 48.8 Å². The highest BCUT2D eigenvalue weighted by atomic mass is 19.1. The first-order valence-corrected chi connectivity index (χ1v) is 6.28. The standard InChI is InChI=1S/C16H11FN2O2/c17-12-5-3-10(4-6-12)14(16(20)21)8-11-9-19-15-13(11)2-1-7-18-15/h1-9H,(H,18,19)(H,20,21)/b14-8-. The highest BCUT2D eigenvalue weighted by Gasteiger charge is 2.12. The van der Waals surface area contributed by atoms with Crippen LogP contribution >= 0.6 is 0 Å². The van der Waals surface area contributed by atoms with Crippen molar-refractivity contribution in [3.63, 3.8) is 0 Å². The molecule has 0 fully saturated rings. The number of carboxylic acid groups (broad SMARTS) is 1. The second kappa shape index (κ2) is 5.20. The van der Waals surface area contributed by atoms with E-state index in [1.807, 2.05) is 6.07 Å². The average molecular weight is 282 g/mol. The van der Waals surface area contributed by atoms with E-state index in [0.29, 0.717) is 11.2 Å². The molecule has 2 aromatic heterocycles. The normalized spacial score (nSPS) is 11.8. The maximum absolute atomic E-state index is 13.0. The Bertz CT molecular complexity index is 835. The summed E-state index contributed by atoms with van der Waals surface area (Å²) in [6.45, 7) is 0. The Kier molecular flexibility index (Phi) is 3.23. The van der Waals surface area contributed by atoms with Crippen molar-refractivity contribution in [2.75, 3.05) is 0 Å². The van der Waals surface area contributed by atoms with Crippen LogP contribution in [0.1, 0.15) is 11.1 Å². The molecule has 2 heterocycles. The average Bonchev–Trinajstić information content (AvgIpc) is 2.89. The van der Waals surface area contributed by atoms with Gasteiger partial charge in [0.2, 0.25) is 0 Å². The van der Waals surface area contributed by atoms with Gasteiger partial charge in [-0.3, -0.25) is 0 Å². The van der Waals surface area contributed by atoms with Crippen LogP contribution in [0.2, 0.25) is 0 Å². The number of pyridine rings is 1. The Hall–Kier alpha value is -2.95. The molecule has 0 unspecified atom stereocenters. The van der Waals surface area contributed by atoms with Gasteiger partial charge in [0, 0.05) is 23.3 Å². The van der Waals surface area contributed by atoms with E-state index in [1.165, 1.54) is 24.3 Å². The van der Waals surface area contributed by atoms with Crippen LogP contribution in [0, 0.1) is 5.82 Å². The van der Waals surface area contributed by atoms with Crippen LogP contribution in [0.3, 0.4) is 0 Å². The molecule has 0 aliphatic rings. The summed E-state index contributed by atoms with van der Waals surface area (Å²) in [5, 5.41) is 10.2. The first-order chi connectivity index (χ1) is 10.1. The third-order valence-electron chi connectivity index (χ3n) is 3.17. The molecule has 104 valence electrons. The molecule has 0 aliphatic carbocycles.